The van der Waals surface area contributed by atoms with E-state index < -0.39 is 0 Å². The molecule has 0 radical (unpaired) electrons. The second kappa shape index (κ2) is 6.77. The van der Waals surface area contributed by atoms with E-state index in [2.05, 4.69) is 24.3 Å². The summed E-state index contributed by atoms with van der Waals surface area (Å²) in [7, 11) is 0. The van der Waals surface area contributed by atoms with Crippen molar-refractivity contribution in [2.75, 3.05) is 11.5 Å². The molecule has 0 fully saturated rings. The largest absolute Gasteiger partial charge is 0.398 e. The molecule has 126 valence electrons. The molecule has 0 unspecified atom stereocenters. The van der Waals surface area contributed by atoms with Crippen molar-refractivity contribution in [3.63, 3.8) is 0 Å². The van der Waals surface area contributed by atoms with Crippen LogP contribution in [0.2, 0.25) is 0 Å². The van der Waals surface area contributed by atoms with Gasteiger partial charge in [-0.05, 0) is 28.3 Å². The van der Waals surface area contributed by atoms with Crippen LogP contribution < -0.4 is 11.5 Å². The van der Waals surface area contributed by atoms with E-state index in [-0.39, 0.29) is 0 Å². The van der Waals surface area contributed by atoms with Crippen LogP contribution in [0.15, 0.2) is 97.1 Å². The van der Waals surface area contributed by atoms with Crippen LogP contribution in [-0.4, -0.2) is 0 Å². The molecule has 4 N–H and O–H groups in total. The molecule has 4 aromatic rings. The monoisotopic (exact) mass is 336 g/mol. The van der Waals surface area contributed by atoms with Crippen LogP contribution >= 0.6 is 0 Å². The predicted octanol–water partition coefficient (Wildman–Crippen LogP) is 5.85. The molecular weight excluding hydrogens is 316 g/mol. The fourth-order valence-corrected chi connectivity index (χ4v) is 3.41. The Balaban J connectivity index is 2.05. The zero-order valence-corrected chi connectivity index (χ0v) is 14.4. The molecule has 0 amide bonds. The van der Waals surface area contributed by atoms with E-state index in [1.54, 1.807) is 0 Å². The van der Waals surface area contributed by atoms with Crippen LogP contribution in [0.4, 0.5) is 11.4 Å². The molecule has 0 saturated heterocycles. The van der Waals surface area contributed by atoms with Crippen LogP contribution in [0.3, 0.4) is 0 Å². The average Bonchev–Trinajstić information content (AvgIpc) is 2.70. The van der Waals surface area contributed by atoms with Gasteiger partial charge in [-0.2, -0.15) is 0 Å². The van der Waals surface area contributed by atoms with Gasteiger partial charge in [0.05, 0.1) is 5.69 Å². The van der Waals surface area contributed by atoms with Crippen LogP contribution in [-0.2, 0) is 0 Å². The Bertz CT molecular complexity index is 1020. The molecule has 26 heavy (non-hydrogen) atoms. The minimum absolute atomic E-state index is 0.687. The van der Waals surface area contributed by atoms with E-state index >= 15 is 0 Å². The number of hydrogen-bond acceptors (Lipinski definition) is 2. The van der Waals surface area contributed by atoms with Crippen molar-refractivity contribution < 1.29 is 0 Å². The molecule has 4 aromatic carbocycles. The third-order valence-electron chi connectivity index (χ3n) is 4.61. The van der Waals surface area contributed by atoms with Gasteiger partial charge in [0.15, 0.2) is 0 Å². The molecule has 0 aromatic heterocycles. The molecule has 2 heteroatoms. The number of nitrogens with two attached hydrogens (primary N) is 2. The summed E-state index contributed by atoms with van der Waals surface area (Å²) in [5.41, 5.74) is 20.7. The minimum Gasteiger partial charge on any atom is -0.398 e. The van der Waals surface area contributed by atoms with Crippen molar-refractivity contribution >= 4 is 11.4 Å². The molecule has 0 atom stereocenters. The Morgan fingerprint density at radius 2 is 0.885 bits per heavy atom. The molecule has 2 nitrogen and oxygen atoms in total. The van der Waals surface area contributed by atoms with E-state index in [4.69, 9.17) is 11.5 Å². The van der Waals surface area contributed by atoms with E-state index in [1.807, 2.05) is 72.8 Å². The SMILES string of the molecule is Nc1cc(-c2ccccc2)c(-c2ccccc2)c(N)c1-c1ccccc1. The Morgan fingerprint density at radius 1 is 0.462 bits per heavy atom. The molecule has 0 heterocycles. The number of benzene rings is 4. The first kappa shape index (κ1) is 16.0. The van der Waals surface area contributed by atoms with Gasteiger partial charge in [0.2, 0.25) is 0 Å². The number of rotatable bonds is 3. The Kier molecular flexibility index (Phi) is 4.16. The molecular formula is C24H20N2. The van der Waals surface area contributed by atoms with Crippen molar-refractivity contribution in [3.8, 4) is 33.4 Å². The van der Waals surface area contributed by atoms with Crippen LogP contribution in [0.25, 0.3) is 33.4 Å². The number of nitrogen functional groups attached to an aromatic ring is 2. The van der Waals surface area contributed by atoms with Crippen molar-refractivity contribution in [1.82, 2.24) is 0 Å². The molecule has 0 saturated carbocycles. The molecule has 0 aliphatic heterocycles. The smallest absolute Gasteiger partial charge is 0.0500 e. The molecule has 4 rings (SSSR count). The standard InChI is InChI=1S/C24H20N2/c25-21-16-20(17-10-4-1-5-11-17)22(18-12-6-2-7-13-18)24(26)23(21)19-14-8-3-9-15-19/h1-16H,25-26H2. The predicted molar refractivity (Wildman–Crippen MR) is 112 cm³/mol. The van der Waals surface area contributed by atoms with Crippen LogP contribution in [0.1, 0.15) is 0 Å². The van der Waals surface area contributed by atoms with Gasteiger partial charge in [0.25, 0.3) is 0 Å². The fraction of sp³-hybridized carbons (Fsp3) is 0. The lowest BCUT2D eigenvalue weighted by atomic mass is 9.88. The van der Waals surface area contributed by atoms with Gasteiger partial charge in [-0.15, -0.1) is 0 Å². The zero-order chi connectivity index (χ0) is 17.9. The average molecular weight is 336 g/mol. The summed E-state index contributed by atoms with van der Waals surface area (Å²) in [5.74, 6) is 0. The summed E-state index contributed by atoms with van der Waals surface area (Å²) in [5, 5.41) is 0. The summed E-state index contributed by atoms with van der Waals surface area (Å²) >= 11 is 0. The summed E-state index contributed by atoms with van der Waals surface area (Å²) in [6, 6.07) is 32.6. The van der Waals surface area contributed by atoms with Gasteiger partial charge < -0.3 is 11.5 Å². The Morgan fingerprint density at radius 3 is 1.38 bits per heavy atom. The first-order chi connectivity index (χ1) is 12.8. The van der Waals surface area contributed by atoms with Crippen molar-refractivity contribution in [1.29, 1.82) is 0 Å². The van der Waals surface area contributed by atoms with Crippen molar-refractivity contribution in [3.05, 3.63) is 97.1 Å². The lowest BCUT2D eigenvalue weighted by molar-refractivity contribution is 1.55. The lowest BCUT2D eigenvalue weighted by Gasteiger charge is -2.19. The normalized spacial score (nSPS) is 10.6. The van der Waals surface area contributed by atoms with Gasteiger partial charge >= 0.3 is 0 Å². The number of hydrogen-bond donors (Lipinski definition) is 2. The van der Waals surface area contributed by atoms with Gasteiger partial charge in [-0.25, -0.2) is 0 Å². The fourth-order valence-electron chi connectivity index (χ4n) is 3.41. The first-order valence-corrected chi connectivity index (χ1v) is 8.64. The maximum atomic E-state index is 6.71. The van der Waals surface area contributed by atoms with Gasteiger partial charge in [0, 0.05) is 16.8 Å². The highest BCUT2D eigenvalue weighted by Crippen LogP contribution is 2.45. The molecule has 0 spiro atoms. The molecule has 0 aliphatic carbocycles. The maximum absolute atomic E-state index is 6.71. The number of anilines is 2. The van der Waals surface area contributed by atoms with Crippen LogP contribution in [0, 0.1) is 0 Å². The zero-order valence-electron chi connectivity index (χ0n) is 14.4. The molecule has 0 aliphatic rings. The summed E-state index contributed by atoms with van der Waals surface area (Å²) in [6.07, 6.45) is 0. The van der Waals surface area contributed by atoms with E-state index in [0.29, 0.717) is 11.4 Å². The van der Waals surface area contributed by atoms with Crippen molar-refractivity contribution in [2.24, 2.45) is 0 Å². The maximum Gasteiger partial charge on any atom is 0.0500 e. The highest BCUT2D eigenvalue weighted by Gasteiger charge is 2.18. The van der Waals surface area contributed by atoms with Crippen molar-refractivity contribution in [2.45, 2.75) is 0 Å². The van der Waals surface area contributed by atoms with E-state index in [0.717, 1.165) is 33.4 Å². The highest BCUT2D eigenvalue weighted by molar-refractivity contribution is 6.02. The first-order valence-electron chi connectivity index (χ1n) is 8.64. The third-order valence-corrected chi connectivity index (χ3v) is 4.61. The van der Waals surface area contributed by atoms with E-state index in [1.165, 1.54) is 0 Å². The quantitative estimate of drug-likeness (QED) is 0.461. The van der Waals surface area contributed by atoms with E-state index in [9.17, 15) is 0 Å². The van der Waals surface area contributed by atoms with Gasteiger partial charge in [-0.1, -0.05) is 91.0 Å². The van der Waals surface area contributed by atoms with Crippen LogP contribution in [0.5, 0.6) is 0 Å². The van der Waals surface area contributed by atoms with Gasteiger partial charge in [-0.3, -0.25) is 0 Å². The minimum atomic E-state index is 0.687. The highest BCUT2D eigenvalue weighted by atomic mass is 14.6. The third kappa shape index (κ3) is 2.82. The Hall–Kier alpha value is -3.52. The summed E-state index contributed by atoms with van der Waals surface area (Å²) < 4.78 is 0. The molecule has 0 bridgehead atoms. The Labute approximate surface area is 153 Å². The second-order valence-electron chi connectivity index (χ2n) is 6.28. The summed E-state index contributed by atoms with van der Waals surface area (Å²) in [6.45, 7) is 0. The summed E-state index contributed by atoms with van der Waals surface area (Å²) in [4.78, 5) is 0. The second-order valence-corrected chi connectivity index (χ2v) is 6.28. The topological polar surface area (TPSA) is 52.0 Å². The van der Waals surface area contributed by atoms with Gasteiger partial charge in [0.1, 0.15) is 0 Å². The lowest BCUT2D eigenvalue weighted by Crippen LogP contribution is -2.01.